The summed E-state index contributed by atoms with van der Waals surface area (Å²) in [5.74, 6) is 1.74. The fraction of sp³-hybridized carbons (Fsp3) is 0.944. The van der Waals surface area contributed by atoms with Crippen molar-refractivity contribution in [3.63, 3.8) is 0 Å². The van der Waals surface area contributed by atoms with E-state index in [4.69, 9.17) is 17.0 Å². The van der Waals surface area contributed by atoms with Crippen molar-refractivity contribution in [1.29, 1.82) is 0 Å². The van der Waals surface area contributed by atoms with Crippen molar-refractivity contribution in [2.75, 3.05) is 45.9 Å². The maximum atomic E-state index is 5.73. The van der Waals surface area contributed by atoms with Crippen LogP contribution in [0.5, 0.6) is 0 Å². The lowest BCUT2D eigenvalue weighted by atomic mass is 9.73. The van der Waals surface area contributed by atoms with Gasteiger partial charge in [0.15, 0.2) is 5.11 Å². The molecule has 5 heteroatoms. The third kappa shape index (κ3) is 4.58. The zero-order valence-electron chi connectivity index (χ0n) is 14.6. The summed E-state index contributed by atoms with van der Waals surface area (Å²) >= 11 is 5.73. The van der Waals surface area contributed by atoms with Crippen LogP contribution >= 0.6 is 12.2 Å². The fourth-order valence-electron chi connectivity index (χ4n) is 4.59. The van der Waals surface area contributed by atoms with Crippen LogP contribution in [0.1, 0.15) is 45.4 Å². The zero-order chi connectivity index (χ0) is 16.1. The summed E-state index contributed by atoms with van der Waals surface area (Å²) in [6.07, 6.45) is 8.00. The number of morpholine rings is 1. The van der Waals surface area contributed by atoms with Crippen molar-refractivity contribution >= 4 is 17.3 Å². The summed E-state index contributed by atoms with van der Waals surface area (Å²) < 4.78 is 5.40. The Balaban J connectivity index is 1.40. The average molecular weight is 340 g/mol. The lowest BCUT2D eigenvalue weighted by Gasteiger charge is -2.48. The summed E-state index contributed by atoms with van der Waals surface area (Å²) in [6, 6.07) is 0.701. The Morgan fingerprint density at radius 2 is 1.91 bits per heavy atom. The molecule has 132 valence electrons. The molecule has 0 amide bonds. The molecule has 1 aliphatic carbocycles. The summed E-state index contributed by atoms with van der Waals surface area (Å²) in [5, 5.41) is 4.55. The molecule has 1 N–H and O–H groups in total. The molecule has 0 aromatic heterocycles. The normalized spacial score (nSPS) is 32.4. The van der Waals surface area contributed by atoms with Gasteiger partial charge in [-0.3, -0.25) is 4.90 Å². The summed E-state index contributed by atoms with van der Waals surface area (Å²) in [5.41, 5.74) is 0. The molecule has 3 fully saturated rings. The number of hydrogen-bond donors (Lipinski definition) is 1. The Morgan fingerprint density at radius 1 is 1.13 bits per heavy atom. The standard InChI is InChI=1S/C18H33N3OS/c1-15-7-10-21(17-6-3-2-5-16(15)17)18(23)19-8-4-9-20-11-13-22-14-12-20/h15-17H,2-14H2,1H3,(H,19,23)/t15-,16+,17-/m1/s1. The molecule has 3 atom stereocenters. The van der Waals surface area contributed by atoms with Crippen LogP contribution in [0.4, 0.5) is 0 Å². The summed E-state index contributed by atoms with van der Waals surface area (Å²) in [7, 11) is 0. The number of ether oxygens (including phenoxy) is 1. The quantitative estimate of drug-likeness (QED) is 0.627. The highest BCUT2D eigenvalue weighted by molar-refractivity contribution is 7.80. The predicted octanol–water partition coefficient (Wildman–Crippen LogP) is 2.48. The molecule has 2 aliphatic heterocycles. The van der Waals surface area contributed by atoms with Gasteiger partial charge in [-0.15, -0.1) is 0 Å². The molecular weight excluding hydrogens is 306 g/mol. The van der Waals surface area contributed by atoms with Gasteiger partial charge in [-0.05, 0) is 56.3 Å². The monoisotopic (exact) mass is 339 g/mol. The average Bonchev–Trinajstić information content (AvgIpc) is 2.60. The minimum atomic E-state index is 0.701. The van der Waals surface area contributed by atoms with Crippen molar-refractivity contribution in [2.24, 2.45) is 11.8 Å². The van der Waals surface area contributed by atoms with Crippen LogP contribution in [0.15, 0.2) is 0 Å². The lowest BCUT2D eigenvalue weighted by molar-refractivity contribution is 0.0375. The number of rotatable bonds is 4. The lowest BCUT2D eigenvalue weighted by Crippen LogP contribution is -2.55. The molecule has 3 rings (SSSR count). The number of nitrogens with one attached hydrogen (secondary N) is 1. The van der Waals surface area contributed by atoms with E-state index in [2.05, 4.69) is 22.0 Å². The molecule has 0 radical (unpaired) electrons. The fourth-order valence-corrected chi connectivity index (χ4v) is 4.92. The number of fused-ring (bicyclic) bond motifs is 1. The van der Waals surface area contributed by atoms with Gasteiger partial charge in [0, 0.05) is 32.2 Å². The van der Waals surface area contributed by atoms with Crippen molar-refractivity contribution in [1.82, 2.24) is 15.1 Å². The minimum absolute atomic E-state index is 0.701. The van der Waals surface area contributed by atoms with Gasteiger partial charge in [0.05, 0.1) is 13.2 Å². The third-order valence-corrected chi connectivity index (χ3v) is 6.41. The predicted molar refractivity (Wildman–Crippen MR) is 98.7 cm³/mol. The highest BCUT2D eigenvalue weighted by Gasteiger charge is 2.38. The molecule has 0 bridgehead atoms. The van der Waals surface area contributed by atoms with E-state index in [-0.39, 0.29) is 0 Å². The Bertz CT molecular complexity index is 386. The van der Waals surface area contributed by atoms with Gasteiger partial charge in [0.2, 0.25) is 0 Å². The molecule has 4 nitrogen and oxygen atoms in total. The van der Waals surface area contributed by atoms with E-state index in [9.17, 15) is 0 Å². The van der Waals surface area contributed by atoms with Crippen LogP contribution < -0.4 is 5.32 Å². The smallest absolute Gasteiger partial charge is 0.169 e. The highest BCUT2D eigenvalue weighted by atomic mass is 32.1. The first-order valence-electron chi connectivity index (χ1n) is 9.60. The maximum Gasteiger partial charge on any atom is 0.169 e. The van der Waals surface area contributed by atoms with Gasteiger partial charge in [-0.2, -0.15) is 0 Å². The number of piperidine rings is 1. The van der Waals surface area contributed by atoms with Gasteiger partial charge in [0.25, 0.3) is 0 Å². The van der Waals surface area contributed by atoms with Crippen LogP contribution in [-0.2, 0) is 4.74 Å². The molecule has 0 spiro atoms. The molecular formula is C18H33N3OS. The number of hydrogen-bond acceptors (Lipinski definition) is 3. The largest absolute Gasteiger partial charge is 0.379 e. The molecule has 0 aromatic carbocycles. The van der Waals surface area contributed by atoms with E-state index in [1.807, 2.05) is 0 Å². The molecule has 0 unspecified atom stereocenters. The van der Waals surface area contributed by atoms with Crippen molar-refractivity contribution in [2.45, 2.75) is 51.5 Å². The van der Waals surface area contributed by atoms with Crippen LogP contribution in [0.25, 0.3) is 0 Å². The van der Waals surface area contributed by atoms with E-state index in [0.717, 1.165) is 62.9 Å². The second-order valence-electron chi connectivity index (χ2n) is 7.51. The van der Waals surface area contributed by atoms with E-state index >= 15 is 0 Å². The Morgan fingerprint density at radius 3 is 2.74 bits per heavy atom. The van der Waals surface area contributed by atoms with Crippen LogP contribution in [0.2, 0.25) is 0 Å². The number of thiocarbonyl (C=S) groups is 1. The molecule has 23 heavy (non-hydrogen) atoms. The van der Waals surface area contributed by atoms with Gasteiger partial charge >= 0.3 is 0 Å². The second-order valence-corrected chi connectivity index (χ2v) is 7.90. The SMILES string of the molecule is C[C@@H]1CCN(C(=S)NCCCN2CCOCC2)[C@@H]2CCCC[C@@H]12. The van der Waals surface area contributed by atoms with Crippen molar-refractivity contribution in [3.8, 4) is 0 Å². The highest BCUT2D eigenvalue weighted by Crippen LogP contribution is 2.38. The van der Waals surface area contributed by atoms with Gasteiger partial charge in [0.1, 0.15) is 0 Å². The van der Waals surface area contributed by atoms with Gasteiger partial charge < -0.3 is 15.0 Å². The Labute approximate surface area is 146 Å². The maximum absolute atomic E-state index is 5.73. The van der Waals surface area contributed by atoms with E-state index in [1.165, 1.54) is 38.5 Å². The molecule has 1 saturated carbocycles. The number of nitrogens with zero attached hydrogens (tertiary/aromatic N) is 2. The zero-order valence-corrected chi connectivity index (χ0v) is 15.5. The van der Waals surface area contributed by atoms with E-state index in [1.54, 1.807) is 0 Å². The third-order valence-electron chi connectivity index (χ3n) is 6.03. The molecule has 0 aromatic rings. The first-order valence-corrected chi connectivity index (χ1v) is 10.0. The van der Waals surface area contributed by atoms with Crippen molar-refractivity contribution < 1.29 is 4.74 Å². The minimum Gasteiger partial charge on any atom is -0.379 e. The number of likely N-dealkylation sites (tertiary alicyclic amines) is 1. The summed E-state index contributed by atoms with van der Waals surface area (Å²) in [6.45, 7) is 9.69. The molecule has 2 saturated heterocycles. The van der Waals surface area contributed by atoms with Crippen LogP contribution in [0.3, 0.4) is 0 Å². The Hall–Kier alpha value is -0.390. The molecule has 3 aliphatic rings. The van der Waals surface area contributed by atoms with Crippen LogP contribution in [-0.4, -0.2) is 66.9 Å². The van der Waals surface area contributed by atoms with Gasteiger partial charge in [-0.1, -0.05) is 19.8 Å². The van der Waals surface area contributed by atoms with Crippen LogP contribution in [0, 0.1) is 11.8 Å². The van der Waals surface area contributed by atoms with Gasteiger partial charge in [-0.25, -0.2) is 0 Å². The first-order chi connectivity index (χ1) is 11.3. The molecule has 2 heterocycles. The summed E-state index contributed by atoms with van der Waals surface area (Å²) in [4.78, 5) is 5.02. The Kier molecular flexibility index (Phi) is 6.54. The second kappa shape index (κ2) is 8.63. The van der Waals surface area contributed by atoms with Crippen molar-refractivity contribution in [3.05, 3.63) is 0 Å². The van der Waals surface area contributed by atoms with E-state index < -0.39 is 0 Å². The topological polar surface area (TPSA) is 27.7 Å². The van der Waals surface area contributed by atoms with E-state index in [0.29, 0.717) is 6.04 Å². The first kappa shape index (κ1) is 17.4.